The van der Waals surface area contributed by atoms with Crippen LogP contribution in [0, 0.1) is 17.1 Å². The standard InChI is InChI=1S/C29H28FN7O3S/c1-17-15-37(28(38)29(3)9-10-41(29,39)40)18(2)14-36(17)27-25-22(19-5-4-6-20(30)11-19)7-8-23(26(25)32-16-33-27)24-12-21(13-31)34-35-24/h4-8,11-12,16-18H,9-10,14-15H2,1-3H3,(H,34,35)/t17-,18+,29-/m0/s1. The van der Waals surface area contributed by atoms with Crippen LogP contribution in [0.1, 0.15) is 32.9 Å². The lowest BCUT2D eigenvalue weighted by atomic mass is 9.95. The Morgan fingerprint density at radius 3 is 2.56 bits per heavy atom. The molecule has 2 aromatic carbocycles. The fourth-order valence-corrected chi connectivity index (χ4v) is 7.36. The molecule has 1 N–H and O–H groups in total. The van der Waals surface area contributed by atoms with Crippen molar-refractivity contribution in [2.75, 3.05) is 23.7 Å². The number of nitrogens with one attached hydrogen (secondary N) is 1. The maximum Gasteiger partial charge on any atom is 0.244 e. The minimum atomic E-state index is -3.46. The first-order valence-electron chi connectivity index (χ1n) is 13.3. The monoisotopic (exact) mass is 573 g/mol. The maximum absolute atomic E-state index is 14.3. The number of sulfone groups is 1. The van der Waals surface area contributed by atoms with E-state index in [1.165, 1.54) is 25.4 Å². The van der Waals surface area contributed by atoms with Crippen molar-refractivity contribution >= 4 is 32.5 Å². The zero-order valence-electron chi connectivity index (χ0n) is 22.8. The van der Waals surface area contributed by atoms with Gasteiger partial charge in [0.05, 0.1) is 22.3 Å². The average molecular weight is 574 g/mol. The van der Waals surface area contributed by atoms with Gasteiger partial charge in [-0.15, -0.1) is 0 Å². The summed E-state index contributed by atoms with van der Waals surface area (Å²) in [7, 11) is -3.46. The lowest BCUT2D eigenvalue weighted by Gasteiger charge is -2.48. The minimum Gasteiger partial charge on any atom is -0.349 e. The van der Waals surface area contributed by atoms with E-state index in [0.717, 1.165) is 5.56 Å². The second kappa shape index (κ2) is 9.62. The lowest BCUT2D eigenvalue weighted by molar-refractivity contribution is -0.137. The summed E-state index contributed by atoms with van der Waals surface area (Å²) in [6, 6.07) is 13.2. The number of fused-ring (bicyclic) bond motifs is 1. The molecule has 2 aromatic heterocycles. The molecule has 0 spiro atoms. The van der Waals surface area contributed by atoms with Gasteiger partial charge in [0, 0.05) is 36.8 Å². The topological polar surface area (TPSA) is 136 Å². The number of amides is 1. The Kier molecular flexibility index (Phi) is 6.30. The van der Waals surface area contributed by atoms with E-state index in [2.05, 4.69) is 20.1 Å². The molecule has 41 heavy (non-hydrogen) atoms. The van der Waals surface area contributed by atoms with Crippen LogP contribution in [0.4, 0.5) is 10.2 Å². The van der Waals surface area contributed by atoms with Crippen LogP contribution >= 0.6 is 0 Å². The number of benzene rings is 2. The molecule has 4 aromatic rings. The number of hydrogen-bond donors (Lipinski definition) is 1. The van der Waals surface area contributed by atoms with Crippen molar-refractivity contribution in [3.8, 4) is 28.5 Å². The Bertz CT molecular complexity index is 1850. The number of rotatable bonds is 4. The summed E-state index contributed by atoms with van der Waals surface area (Å²) in [5.41, 5.74) is 3.52. The molecule has 2 fully saturated rings. The Morgan fingerprint density at radius 2 is 1.90 bits per heavy atom. The molecule has 0 bridgehead atoms. The largest absolute Gasteiger partial charge is 0.349 e. The summed E-state index contributed by atoms with van der Waals surface area (Å²) in [6.07, 6.45) is 1.79. The number of H-pyrrole nitrogens is 1. The summed E-state index contributed by atoms with van der Waals surface area (Å²) in [5.74, 6) is -0.0850. The predicted molar refractivity (Wildman–Crippen MR) is 152 cm³/mol. The third-order valence-corrected chi connectivity index (χ3v) is 10.9. The van der Waals surface area contributed by atoms with Crippen molar-refractivity contribution in [1.29, 1.82) is 5.26 Å². The van der Waals surface area contributed by atoms with Crippen molar-refractivity contribution in [2.24, 2.45) is 0 Å². The number of halogens is 1. The van der Waals surface area contributed by atoms with E-state index in [9.17, 15) is 22.9 Å². The van der Waals surface area contributed by atoms with Crippen LogP contribution in [-0.2, 0) is 14.6 Å². The SMILES string of the molecule is C[C@@H]1CN(c2ncnc3c(-c4cc(C#N)n[nH]4)ccc(-c4cccc(F)c4)c23)[C@@H](C)CN1C(=O)[C@]1(C)CCS1(=O)=O. The number of carbonyl (C=O) groups is 1. The first kappa shape index (κ1) is 26.8. The van der Waals surface area contributed by atoms with Crippen LogP contribution < -0.4 is 4.90 Å². The number of nitriles is 1. The molecule has 210 valence electrons. The molecule has 0 aliphatic carbocycles. The zero-order chi connectivity index (χ0) is 29.1. The van der Waals surface area contributed by atoms with Crippen LogP contribution in [0.15, 0.2) is 48.8 Å². The van der Waals surface area contributed by atoms with Gasteiger partial charge in [0.15, 0.2) is 15.5 Å². The van der Waals surface area contributed by atoms with Crippen LogP contribution in [-0.4, -0.2) is 75.1 Å². The van der Waals surface area contributed by atoms with Gasteiger partial charge >= 0.3 is 0 Å². The Balaban J connectivity index is 1.47. The molecule has 0 unspecified atom stereocenters. The molecule has 6 rings (SSSR count). The van der Waals surface area contributed by atoms with E-state index >= 15 is 0 Å². The summed E-state index contributed by atoms with van der Waals surface area (Å²) >= 11 is 0. The molecule has 2 aliphatic heterocycles. The van der Waals surface area contributed by atoms with Gasteiger partial charge in [-0.25, -0.2) is 22.8 Å². The highest BCUT2D eigenvalue weighted by Gasteiger charge is 2.56. The second-order valence-electron chi connectivity index (χ2n) is 11.0. The molecular weight excluding hydrogens is 545 g/mol. The first-order chi connectivity index (χ1) is 19.5. The molecule has 2 aliphatic rings. The van der Waals surface area contributed by atoms with E-state index in [4.69, 9.17) is 4.98 Å². The Labute approximate surface area is 236 Å². The molecule has 3 atom stereocenters. The van der Waals surface area contributed by atoms with Crippen molar-refractivity contribution in [3.05, 3.63) is 60.3 Å². The van der Waals surface area contributed by atoms with Crippen LogP contribution in [0.5, 0.6) is 0 Å². The summed E-state index contributed by atoms with van der Waals surface area (Å²) in [5, 5.41) is 16.9. The molecule has 2 saturated heterocycles. The second-order valence-corrected chi connectivity index (χ2v) is 13.5. The highest BCUT2D eigenvalue weighted by molar-refractivity contribution is 7.95. The van der Waals surface area contributed by atoms with Crippen molar-refractivity contribution in [1.82, 2.24) is 25.1 Å². The van der Waals surface area contributed by atoms with E-state index < -0.39 is 14.6 Å². The van der Waals surface area contributed by atoms with Gasteiger partial charge in [-0.3, -0.25) is 9.89 Å². The van der Waals surface area contributed by atoms with Crippen LogP contribution in [0.3, 0.4) is 0 Å². The maximum atomic E-state index is 14.3. The van der Waals surface area contributed by atoms with Crippen molar-refractivity contribution in [2.45, 2.75) is 44.0 Å². The van der Waals surface area contributed by atoms with E-state index in [-0.39, 0.29) is 35.3 Å². The van der Waals surface area contributed by atoms with Crippen molar-refractivity contribution in [3.63, 3.8) is 0 Å². The number of carbonyl (C=O) groups excluding carboxylic acids is 1. The number of piperazine rings is 1. The molecule has 0 radical (unpaired) electrons. The van der Waals surface area contributed by atoms with Gasteiger partial charge < -0.3 is 9.80 Å². The normalized spacial score (nSPS) is 23.7. The van der Waals surface area contributed by atoms with Crippen LogP contribution in [0.25, 0.3) is 33.3 Å². The number of anilines is 1. The van der Waals surface area contributed by atoms with Gasteiger partial charge in [0.2, 0.25) is 5.91 Å². The zero-order valence-corrected chi connectivity index (χ0v) is 23.6. The molecule has 1 amide bonds. The van der Waals surface area contributed by atoms with Gasteiger partial charge in [0.1, 0.15) is 28.8 Å². The number of aromatic nitrogens is 4. The molecular formula is C29H28FN7O3S. The lowest BCUT2D eigenvalue weighted by Crippen LogP contribution is -2.66. The summed E-state index contributed by atoms with van der Waals surface area (Å²) in [6.45, 7) is 6.12. The molecule has 4 heterocycles. The fraction of sp³-hybridized carbons (Fsp3) is 0.345. The summed E-state index contributed by atoms with van der Waals surface area (Å²) in [4.78, 5) is 26.5. The number of hydrogen-bond acceptors (Lipinski definition) is 8. The average Bonchev–Trinajstić information content (AvgIpc) is 3.45. The summed E-state index contributed by atoms with van der Waals surface area (Å²) < 4.78 is 37.9. The minimum absolute atomic E-state index is 0.0312. The van der Waals surface area contributed by atoms with Gasteiger partial charge in [-0.1, -0.05) is 18.2 Å². The third-order valence-electron chi connectivity index (χ3n) is 8.39. The fourth-order valence-electron chi connectivity index (χ4n) is 5.83. The highest BCUT2D eigenvalue weighted by atomic mass is 32.2. The number of aromatic amines is 1. The van der Waals surface area contributed by atoms with Gasteiger partial charge in [-0.05, 0) is 56.5 Å². The molecule has 10 nitrogen and oxygen atoms in total. The smallest absolute Gasteiger partial charge is 0.244 e. The van der Waals surface area contributed by atoms with Gasteiger partial charge in [0.25, 0.3) is 0 Å². The van der Waals surface area contributed by atoms with E-state index in [1.807, 2.05) is 38.1 Å². The molecule has 0 saturated carbocycles. The predicted octanol–water partition coefficient (Wildman–Crippen LogP) is 3.70. The van der Waals surface area contributed by atoms with E-state index in [0.29, 0.717) is 53.1 Å². The quantitative estimate of drug-likeness (QED) is 0.390. The molecule has 12 heteroatoms. The Morgan fingerprint density at radius 1 is 1.12 bits per heavy atom. The van der Waals surface area contributed by atoms with E-state index in [1.54, 1.807) is 17.0 Å². The highest BCUT2D eigenvalue weighted by Crippen LogP contribution is 2.41. The Hall–Kier alpha value is -4.37. The third kappa shape index (κ3) is 4.23. The number of nitrogens with zero attached hydrogens (tertiary/aromatic N) is 6. The first-order valence-corrected chi connectivity index (χ1v) is 15.0. The van der Waals surface area contributed by atoms with Crippen LogP contribution in [0.2, 0.25) is 0 Å². The van der Waals surface area contributed by atoms with Crippen molar-refractivity contribution < 1.29 is 17.6 Å². The van der Waals surface area contributed by atoms with Gasteiger partial charge in [-0.2, -0.15) is 10.4 Å².